The predicted molar refractivity (Wildman–Crippen MR) is 96.2 cm³/mol. The van der Waals surface area contributed by atoms with E-state index in [-0.39, 0.29) is 0 Å². The first kappa shape index (κ1) is 15.1. The molecule has 21 heavy (non-hydrogen) atoms. The summed E-state index contributed by atoms with van der Waals surface area (Å²) in [5.74, 6) is 0.858. The van der Waals surface area contributed by atoms with Gasteiger partial charge in [-0.2, -0.15) is 0 Å². The van der Waals surface area contributed by atoms with Gasteiger partial charge in [0.1, 0.15) is 0 Å². The Bertz CT molecular complexity index is 567. The highest BCUT2D eigenvalue weighted by atomic mass is 79.9. The molecule has 1 aliphatic rings. The summed E-state index contributed by atoms with van der Waals surface area (Å²) in [5, 5.41) is 2.71. The van der Waals surface area contributed by atoms with Crippen molar-refractivity contribution in [1.29, 1.82) is 0 Å². The lowest BCUT2D eigenvalue weighted by Crippen LogP contribution is -2.18. The van der Waals surface area contributed by atoms with Gasteiger partial charge in [0.25, 0.3) is 0 Å². The molecular weight excluding hydrogens is 320 g/mol. The highest BCUT2D eigenvalue weighted by Gasteiger charge is 2.20. The van der Waals surface area contributed by atoms with Gasteiger partial charge in [-0.1, -0.05) is 90.5 Å². The Kier molecular flexibility index (Phi) is 5.35. The number of hydrogen-bond donors (Lipinski definition) is 0. The molecule has 112 valence electrons. The van der Waals surface area contributed by atoms with E-state index in [0.717, 1.165) is 12.3 Å². The second-order valence-electron chi connectivity index (χ2n) is 6.51. The van der Waals surface area contributed by atoms with Gasteiger partial charge in [-0.3, -0.25) is 0 Å². The van der Waals surface area contributed by atoms with Gasteiger partial charge < -0.3 is 0 Å². The van der Waals surface area contributed by atoms with Crippen LogP contribution < -0.4 is 0 Å². The highest BCUT2D eigenvalue weighted by Crippen LogP contribution is 2.31. The van der Waals surface area contributed by atoms with Crippen molar-refractivity contribution in [1.82, 2.24) is 0 Å². The molecule has 1 atom stereocenters. The number of alkyl halides is 1. The van der Waals surface area contributed by atoms with Gasteiger partial charge >= 0.3 is 0 Å². The van der Waals surface area contributed by atoms with Crippen LogP contribution in [0.3, 0.4) is 0 Å². The molecule has 0 nitrogen and oxygen atoms in total. The first-order chi connectivity index (χ1) is 10.3. The van der Waals surface area contributed by atoms with Crippen LogP contribution in [-0.2, 0) is 6.42 Å². The maximum atomic E-state index is 4.00. The van der Waals surface area contributed by atoms with Crippen LogP contribution in [0.1, 0.15) is 50.5 Å². The summed E-state index contributed by atoms with van der Waals surface area (Å²) in [5.41, 5.74) is 1.47. The van der Waals surface area contributed by atoms with E-state index in [1.807, 2.05) is 0 Å². The van der Waals surface area contributed by atoms with Crippen LogP contribution >= 0.6 is 15.9 Å². The molecule has 0 spiro atoms. The fraction of sp³-hybridized carbons (Fsp3) is 0.500. The molecular formula is C20H25Br. The minimum absolute atomic E-state index is 0.636. The number of fused-ring (bicyclic) bond motifs is 1. The quantitative estimate of drug-likeness (QED) is 0.557. The van der Waals surface area contributed by atoms with E-state index in [4.69, 9.17) is 0 Å². The third-order valence-electron chi connectivity index (χ3n) is 4.91. The van der Waals surface area contributed by atoms with E-state index >= 15 is 0 Å². The summed E-state index contributed by atoms with van der Waals surface area (Å²) in [6.45, 7) is 0. The molecule has 1 aliphatic carbocycles. The van der Waals surface area contributed by atoms with Crippen molar-refractivity contribution >= 4 is 26.7 Å². The maximum Gasteiger partial charge on any atom is 0.0214 e. The van der Waals surface area contributed by atoms with Crippen molar-refractivity contribution in [2.45, 2.75) is 56.2 Å². The van der Waals surface area contributed by atoms with Crippen LogP contribution in [0.2, 0.25) is 0 Å². The minimum Gasteiger partial charge on any atom is -0.0884 e. The molecule has 2 aromatic rings. The average molecular weight is 345 g/mol. The summed E-state index contributed by atoms with van der Waals surface area (Å²) >= 11 is 4.00. The second kappa shape index (κ2) is 7.45. The van der Waals surface area contributed by atoms with Crippen LogP contribution in [0.5, 0.6) is 0 Å². The van der Waals surface area contributed by atoms with Gasteiger partial charge in [-0.15, -0.1) is 0 Å². The van der Waals surface area contributed by atoms with Crippen molar-refractivity contribution in [3.05, 3.63) is 48.0 Å². The zero-order valence-corrected chi connectivity index (χ0v) is 14.3. The zero-order valence-electron chi connectivity index (χ0n) is 12.7. The zero-order chi connectivity index (χ0) is 14.5. The average Bonchev–Trinajstić information content (AvgIpc) is 2.46. The molecule has 0 saturated heterocycles. The van der Waals surface area contributed by atoms with Crippen LogP contribution in [-0.4, -0.2) is 4.83 Å². The molecule has 1 heteroatoms. The summed E-state index contributed by atoms with van der Waals surface area (Å²) in [4.78, 5) is 0.636. The smallest absolute Gasteiger partial charge is 0.0214 e. The van der Waals surface area contributed by atoms with Gasteiger partial charge in [0, 0.05) is 4.83 Å². The summed E-state index contributed by atoms with van der Waals surface area (Å²) in [6.07, 6.45) is 11.1. The lowest BCUT2D eigenvalue weighted by atomic mass is 9.86. The summed E-state index contributed by atoms with van der Waals surface area (Å²) in [6, 6.07) is 15.6. The molecule has 0 bridgehead atoms. The largest absolute Gasteiger partial charge is 0.0884 e. The molecule has 0 N–H and O–H groups in total. The molecule has 3 rings (SSSR count). The fourth-order valence-electron chi connectivity index (χ4n) is 3.61. The Morgan fingerprint density at radius 1 is 0.857 bits per heavy atom. The van der Waals surface area contributed by atoms with Crippen molar-refractivity contribution in [2.24, 2.45) is 5.92 Å². The molecule has 2 aromatic carbocycles. The van der Waals surface area contributed by atoms with E-state index in [0.29, 0.717) is 4.83 Å². The first-order valence-electron chi connectivity index (χ1n) is 8.45. The fourth-order valence-corrected chi connectivity index (χ4v) is 4.51. The second-order valence-corrected chi connectivity index (χ2v) is 7.68. The SMILES string of the molecule is BrC(Cc1ccc2ccccc2c1)C1CCCCCCC1. The molecule has 0 aromatic heterocycles. The number of rotatable bonds is 3. The third-order valence-corrected chi connectivity index (χ3v) is 5.98. The Balaban J connectivity index is 1.68. The van der Waals surface area contributed by atoms with Crippen LogP contribution in [0.15, 0.2) is 42.5 Å². The Hall–Kier alpha value is -0.820. The van der Waals surface area contributed by atoms with Crippen LogP contribution in [0.4, 0.5) is 0 Å². The van der Waals surface area contributed by atoms with Crippen LogP contribution in [0, 0.1) is 5.92 Å². The predicted octanol–water partition coefficient (Wildman–Crippen LogP) is 6.51. The monoisotopic (exact) mass is 344 g/mol. The molecule has 0 aliphatic heterocycles. The third kappa shape index (κ3) is 4.10. The van der Waals surface area contributed by atoms with Gasteiger partial charge in [0.15, 0.2) is 0 Å². The van der Waals surface area contributed by atoms with Gasteiger partial charge in [-0.05, 0) is 41.5 Å². The molecule has 0 amide bonds. The number of hydrogen-bond acceptors (Lipinski definition) is 0. The maximum absolute atomic E-state index is 4.00. The lowest BCUT2D eigenvalue weighted by Gasteiger charge is -2.24. The van der Waals surface area contributed by atoms with E-state index in [9.17, 15) is 0 Å². The number of benzene rings is 2. The van der Waals surface area contributed by atoms with E-state index in [1.54, 1.807) is 0 Å². The Morgan fingerprint density at radius 3 is 2.29 bits per heavy atom. The van der Waals surface area contributed by atoms with E-state index < -0.39 is 0 Å². The molecule has 1 fully saturated rings. The summed E-state index contributed by atoms with van der Waals surface area (Å²) in [7, 11) is 0. The van der Waals surface area contributed by atoms with E-state index in [2.05, 4.69) is 58.4 Å². The standard InChI is InChI=1S/C20H25Br/c21-20(18-9-4-2-1-3-5-10-18)15-16-12-13-17-8-6-7-11-19(17)14-16/h6-8,11-14,18,20H,1-5,9-10,15H2. The lowest BCUT2D eigenvalue weighted by molar-refractivity contribution is 0.370. The van der Waals surface area contributed by atoms with Crippen molar-refractivity contribution in [3.8, 4) is 0 Å². The molecule has 0 heterocycles. The summed E-state index contributed by atoms with van der Waals surface area (Å²) < 4.78 is 0. The topological polar surface area (TPSA) is 0 Å². The van der Waals surface area contributed by atoms with E-state index in [1.165, 1.54) is 61.3 Å². The van der Waals surface area contributed by atoms with Crippen molar-refractivity contribution in [2.75, 3.05) is 0 Å². The van der Waals surface area contributed by atoms with Crippen LogP contribution in [0.25, 0.3) is 10.8 Å². The normalized spacial score (nSPS) is 19.1. The Morgan fingerprint density at radius 2 is 1.52 bits per heavy atom. The van der Waals surface area contributed by atoms with Gasteiger partial charge in [-0.25, -0.2) is 0 Å². The Labute approximate surface area is 137 Å². The van der Waals surface area contributed by atoms with Gasteiger partial charge in [0.2, 0.25) is 0 Å². The molecule has 1 saturated carbocycles. The number of halogens is 1. The first-order valence-corrected chi connectivity index (χ1v) is 9.36. The highest BCUT2D eigenvalue weighted by molar-refractivity contribution is 9.09. The van der Waals surface area contributed by atoms with Gasteiger partial charge in [0.05, 0.1) is 0 Å². The molecule has 1 unspecified atom stereocenters. The van der Waals surface area contributed by atoms with Crippen molar-refractivity contribution in [3.63, 3.8) is 0 Å². The van der Waals surface area contributed by atoms with Crippen molar-refractivity contribution < 1.29 is 0 Å². The molecule has 0 radical (unpaired) electrons. The minimum atomic E-state index is 0.636.